The molecule has 1 saturated heterocycles. The monoisotopic (exact) mass is 298 g/mol. The van der Waals surface area contributed by atoms with Crippen molar-refractivity contribution in [2.24, 2.45) is 0 Å². The van der Waals surface area contributed by atoms with Crippen molar-refractivity contribution in [1.82, 2.24) is 4.98 Å². The molecule has 1 aliphatic heterocycles. The van der Waals surface area contributed by atoms with Crippen LogP contribution >= 0.6 is 34.7 Å². The molecule has 1 aromatic carbocycles. The second kappa shape index (κ2) is 5.68. The first-order chi connectivity index (χ1) is 8.81. The maximum absolute atomic E-state index is 5.97. The summed E-state index contributed by atoms with van der Waals surface area (Å²) >= 11 is 9.76. The summed E-state index contributed by atoms with van der Waals surface area (Å²) in [5.74, 6) is 1.31. The average Bonchev–Trinajstić information content (AvgIpc) is 2.79. The topological polar surface area (TPSA) is 24.9 Å². The maximum atomic E-state index is 5.97. The van der Waals surface area contributed by atoms with E-state index in [2.05, 4.69) is 22.1 Å². The van der Waals surface area contributed by atoms with E-state index >= 15 is 0 Å². The number of thioether (sulfide) groups is 1. The van der Waals surface area contributed by atoms with Crippen LogP contribution in [0.5, 0.6) is 0 Å². The third-order valence-corrected chi connectivity index (χ3v) is 5.73. The highest BCUT2D eigenvalue weighted by atomic mass is 35.5. The minimum absolute atomic E-state index is 0.745. The summed E-state index contributed by atoms with van der Waals surface area (Å²) in [6.07, 6.45) is 4.07. The average molecular weight is 299 g/mol. The number of nitrogens with one attached hydrogen (secondary N) is 1. The Bertz CT molecular complexity index is 535. The van der Waals surface area contributed by atoms with Crippen LogP contribution in [0.15, 0.2) is 18.2 Å². The van der Waals surface area contributed by atoms with Crippen LogP contribution in [0.3, 0.4) is 0 Å². The summed E-state index contributed by atoms with van der Waals surface area (Å²) in [4.78, 5) is 4.57. The molecule has 1 N–H and O–H groups in total. The van der Waals surface area contributed by atoms with Gasteiger partial charge in [-0.2, -0.15) is 11.8 Å². The fourth-order valence-corrected chi connectivity index (χ4v) is 4.40. The lowest BCUT2D eigenvalue weighted by molar-refractivity contribution is 0.677. The van der Waals surface area contributed by atoms with Gasteiger partial charge in [-0.1, -0.05) is 29.4 Å². The highest BCUT2D eigenvalue weighted by Gasteiger charge is 2.14. The number of fused-ring (bicyclic) bond motifs is 1. The number of hydrogen-bond donors (Lipinski definition) is 1. The van der Waals surface area contributed by atoms with E-state index in [0.717, 1.165) is 27.5 Å². The standard InChI is InChI=1S/C13H15ClN2S2/c14-9-4-5-12-11(7-9)16-13(18-12)15-8-10-3-1-2-6-17-10/h4-5,7,10H,1-3,6,8H2,(H,15,16). The highest BCUT2D eigenvalue weighted by molar-refractivity contribution is 7.99. The van der Waals surface area contributed by atoms with Crippen LogP contribution in [0.1, 0.15) is 19.3 Å². The molecule has 0 spiro atoms. The molecular weight excluding hydrogens is 284 g/mol. The van der Waals surface area contributed by atoms with Gasteiger partial charge in [0.1, 0.15) is 0 Å². The molecule has 5 heteroatoms. The number of rotatable bonds is 3. The Labute approximate surface area is 120 Å². The first-order valence-electron chi connectivity index (χ1n) is 6.23. The zero-order valence-electron chi connectivity index (χ0n) is 9.99. The molecule has 3 rings (SSSR count). The molecule has 18 heavy (non-hydrogen) atoms. The van der Waals surface area contributed by atoms with Gasteiger partial charge in [-0.3, -0.25) is 0 Å². The fraction of sp³-hybridized carbons (Fsp3) is 0.462. The Morgan fingerprint density at radius 2 is 2.33 bits per heavy atom. The predicted octanol–water partition coefficient (Wildman–Crippen LogP) is 4.65. The van der Waals surface area contributed by atoms with Crippen LogP contribution in [0.2, 0.25) is 5.02 Å². The lowest BCUT2D eigenvalue weighted by Crippen LogP contribution is -2.19. The molecule has 1 unspecified atom stereocenters. The summed E-state index contributed by atoms with van der Waals surface area (Å²) in [7, 11) is 0. The van der Waals surface area contributed by atoms with E-state index in [-0.39, 0.29) is 0 Å². The van der Waals surface area contributed by atoms with E-state index in [1.165, 1.54) is 29.7 Å². The molecule has 0 radical (unpaired) electrons. The largest absolute Gasteiger partial charge is 0.360 e. The number of benzene rings is 1. The molecule has 2 heterocycles. The number of halogens is 1. The van der Waals surface area contributed by atoms with Gasteiger partial charge in [0.2, 0.25) is 0 Å². The Morgan fingerprint density at radius 1 is 1.39 bits per heavy atom. The van der Waals surface area contributed by atoms with Crippen LogP contribution < -0.4 is 5.32 Å². The predicted molar refractivity (Wildman–Crippen MR) is 83.2 cm³/mol. The fourth-order valence-electron chi connectivity index (χ4n) is 2.15. The van der Waals surface area contributed by atoms with Gasteiger partial charge in [-0.15, -0.1) is 0 Å². The zero-order valence-corrected chi connectivity index (χ0v) is 12.4. The van der Waals surface area contributed by atoms with Crippen molar-refractivity contribution in [3.05, 3.63) is 23.2 Å². The van der Waals surface area contributed by atoms with E-state index in [0.29, 0.717) is 0 Å². The third-order valence-electron chi connectivity index (χ3n) is 3.10. The number of anilines is 1. The summed E-state index contributed by atoms with van der Waals surface area (Å²) in [5, 5.41) is 5.98. The number of thiazole rings is 1. The quantitative estimate of drug-likeness (QED) is 0.893. The molecule has 1 aliphatic rings. The molecular formula is C13H15ClN2S2. The minimum atomic E-state index is 0.745. The smallest absolute Gasteiger partial charge is 0.183 e. The Balaban J connectivity index is 1.67. The van der Waals surface area contributed by atoms with E-state index in [4.69, 9.17) is 11.6 Å². The normalized spacial score (nSPS) is 20.2. The molecule has 1 fully saturated rings. The van der Waals surface area contributed by atoms with Crippen LogP contribution in [0, 0.1) is 0 Å². The maximum Gasteiger partial charge on any atom is 0.183 e. The molecule has 1 aromatic heterocycles. The molecule has 2 aromatic rings. The van der Waals surface area contributed by atoms with Crippen molar-refractivity contribution in [2.45, 2.75) is 24.5 Å². The molecule has 0 aliphatic carbocycles. The second-order valence-electron chi connectivity index (χ2n) is 4.50. The summed E-state index contributed by atoms with van der Waals surface area (Å²) in [6.45, 7) is 1.03. The summed E-state index contributed by atoms with van der Waals surface area (Å²) in [5.41, 5.74) is 0.992. The molecule has 0 bridgehead atoms. The second-order valence-corrected chi connectivity index (χ2v) is 7.38. The first-order valence-corrected chi connectivity index (χ1v) is 8.47. The first kappa shape index (κ1) is 12.6. The van der Waals surface area contributed by atoms with Crippen molar-refractivity contribution >= 4 is 50.0 Å². The molecule has 1 atom stereocenters. The van der Waals surface area contributed by atoms with E-state index in [1.807, 2.05) is 18.2 Å². The molecule has 2 nitrogen and oxygen atoms in total. The van der Waals surface area contributed by atoms with Gasteiger partial charge in [0, 0.05) is 16.8 Å². The molecule has 0 saturated carbocycles. The van der Waals surface area contributed by atoms with Crippen molar-refractivity contribution in [2.75, 3.05) is 17.6 Å². The van der Waals surface area contributed by atoms with Crippen LogP contribution in [0.4, 0.5) is 5.13 Å². The van der Waals surface area contributed by atoms with E-state index in [1.54, 1.807) is 11.3 Å². The summed E-state index contributed by atoms with van der Waals surface area (Å²) in [6, 6.07) is 5.88. The van der Waals surface area contributed by atoms with Gasteiger partial charge >= 0.3 is 0 Å². The van der Waals surface area contributed by atoms with Gasteiger partial charge < -0.3 is 5.32 Å². The SMILES string of the molecule is Clc1ccc2sc(NCC3CCCCS3)nc2c1. The lowest BCUT2D eigenvalue weighted by atomic mass is 10.2. The van der Waals surface area contributed by atoms with Gasteiger partial charge in [0.15, 0.2) is 5.13 Å². The van der Waals surface area contributed by atoms with Crippen molar-refractivity contribution in [3.63, 3.8) is 0 Å². The number of hydrogen-bond acceptors (Lipinski definition) is 4. The van der Waals surface area contributed by atoms with Crippen molar-refractivity contribution < 1.29 is 0 Å². The van der Waals surface area contributed by atoms with Gasteiger partial charge in [0.05, 0.1) is 10.2 Å². The van der Waals surface area contributed by atoms with Crippen LogP contribution in [-0.4, -0.2) is 22.5 Å². The molecule has 0 amide bonds. The molecule has 96 valence electrons. The lowest BCUT2D eigenvalue weighted by Gasteiger charge is -2.21. The number of aromatic nitrogens is 1. The minimum Gasteiger partial charge on any atom is -0.360 e. The zero-order chi connectivity index (χ0) is 12.4. The Morgan fingerprint density at radius 3 is 3.17 bits per heavy atom. The van der Waals surface area contributed by atoms with Gasteiger partial charge in [0.25, 0.3) is 0 Å². The van der Waals surface area contributed by atoms with E-state index in [9.17, 15) is 0 Å². The van der Waals surface area contributed by atoms with Gasteiger partial charge in [-0.05, 0) is 36.8 Å². The van der Waals surface area contributed by atoms with Gasteiger partial charge in [-0.25, -0.2) is 4.98 Å². The van der Waals surface area contributed by atoms with Crippen LogP contribution in [0.25, 0.3) is 10.2 Å². The summed E-state index contributed by atoms with van der Waals surface area (Å²) < 4.78 is 1.19. The Hall–Kier alpha value is -0.450. The Kier molecular flexibility index (Phi) is 3.97. The number of nitrogens with zero attached hydrogens (tertiary/aromatic N) is 1. The van der Waals surface area contributed by atoms with E-state index < -0.39 is 0 Å². The van der Waals surface area contributed by atoms with Crippen molar-refractivity contribution in [1.29, 1.82) is 0 Å². The van der Waals surface area contributed by atoms with Crippen molar-refractivity contribution in [3.8, 4) is 0 Å². The third kappa shape index (κ3) is 2.92. The highest BCUT2D eigenvalue weighted by Crippen LogP contribution is 2.29. The van der Waals surface area contributed by atoms with Crippen LogP contribution in [-0.2, 0) is 0 Å².